The Morgan fingerprint density at radius 3 is 2.67 bits per heavy atom. The van der Waals surface area contributed by atoms with Crippen molar-refractivity contribution in [2.24, 2.45) is 0 Å². The molecule has 1 aromatic carbocycles. The van der Waals surface area contributed by atoms with E-state index in [1.54, 1.807) is 6.07 Å². The van der Waals surface area contributed by atoms with Gasteiger partial charge in [0.05, 0.1) is 19.6 Å². The van der Waals surface area contributed by atoms with Gasteiger partial charge in [0.2, 0.25) is 5.76 Å². The van der Waals surface area contributed by atoms with Gasteiger partial charge in [-0.1, -0.05) is 11.6 Å². The van der Waals surface area contributed by atoms with E-state index < -0.39 is 0 Å². The molecular formula is C19H26INO3. The average Bonchev–Trinajstić information content (AvgIpc) is 2.99. The molecule has 0 bridgehead atoms. The number of rotatable bonds is 5. The van der Waals surface area contributed by atoms with E-state index in [2.05, 4.69) is 6.92 Å². The second-order valence-corrected chi connectivity index (χ2v) is 6.68. The molecule has 0 aliphatic carbocycles. The maximum atomic E-state index is 12.2. The Morgan fingerprint density at radius 1 is 1.21 bits per heavy atom. The van der Waals surface area contributed by atoms with Crippen LogP contribution in [0.1, 0.15) is 42.3 Å². The Balaban J connectivity index is 0.00000208. The first kappa shape index (κ1) is 19.2. The summed E-state index contributed by atoms with van der Waals surface area (Å²) >= 11 is 0. The molecule has 0 saturated carbocycles. The predicted molar refractivity (Wildman–Crippen MR) is 90.5 cm³/mol. The third-order valence-corrected chi connectivity index (χ3v) is 5.11. The van der Waals surface area contributed by atoms with E-state index in [4.69, 9.17) is 9.15 Å². The molecule has 1 aromatic heterocycles. The number of quaternary nitrogens is 1. The van der Waals surface area contributed by atoms with E-state index in [9.17, 15) is 4.79 Å². The highest BCUT2D eigenvalue weighted by atomic mass is 127. The molecule has 0 radical (unpaired) electrons. The number of aryl methyl sites for hydroxylation is 1. The fourth-order valence-corrected chi connectivity index (χ4v) is 3.55. The highest BCUT2D eigenvalue weighted by molar-refractivity contribution is 5.92. The van der Waals surface area contributed by atoms with Gasteiger partial charge in [-0.15, -0.1) is 0 Å². The van der Waals surface area contributed by atoms with Crippen LogP contribution in [0.4, 0.5) is 0 Å². The minimum atomic E-state index is -0.356. The van der Waals surface area contributed by atoms with Crippen LogP contribution < -0.4 is 24.0 Å². The predicted octanol–water partition coefficient (Wildman–Crippen LogP) is 0.923. The number of fused-ring (bicyclic) bond motifs is 1. The molecule has 0 atom stereocenters. The third kappa shape index (κ3) is 4.30. The Bertz CT molecular complexity index is 689. The first-order valence-corrected chi connectivity index (χ1v) is 8.64. The maximum absolute atomic E-state index is 12.2. The van der Waals surface area contributed by atoms with Gasteiger partial charge in [0.1, 0.15) is 18.7 Å². The lowest BCUT2D eigenvalue weighted by Gasteiger charge is -2.40. The number of benzene rings is 1. The molecule has 24 heavy (non-hydrogen) atoms. The molecule has 132 valence electrons. The number of carbonyl (C=O) groups is 1. The SMILES string of the molecule is CC[N+]1(CCOC(=O)c2cc3cc(C)ccc3o2)CCCCC1.[I-]. The number of carbonyl (C=O) groups excluding carboxylic acids is 1. The van der Waals surface area contributed by atoms with E-state index >= 15 is 0 Å². The zero-order valence-corrected chi connectivity index (χ0v) is 16.7. The van der Waals surface area contributed by atoms with Gasteiger partial charge in [-0.3, -0.25) is 0 Å². The normalized spacial score (nSPS) is 16.6. The summed E-state index contributed by atoms with van der Waals surface area (Å²) in [5.41, 5.74) is 1.88. The van der Waals surface area contributed by atoms with Crippen LogP contribution in [0.3, 0.4) is 0 Å². The minimum Gasteiger partial charge on any atom is -1.00 e. The molecule has 5 heteroatoms. The number of likely N-dealkylation sites (tertiary alicyclic amines) is 1. The highest BCUT2D eigenvalue weighted by Crippen LogP contribution is 2.22. The van der Waals surface area contributed by atoms with Crippen molar-refractivity contribution in [3.05, 3.63) is 35.6 Å². The molecule has 2 aromatic rings. The summed E-state index contributed by atoms with van der Waals surface area (Å²) in [5, 5.41) is 0.949. The Morgan fingerprint density at radius 2 is 1.96 bits per heavy atom. The summed E-state index contributed by atoms with van der Waals surface area (Å²) in [6.07, 6.45) is 3.90. The van der Waals surface area contributed by atoms with Crippen LogP contribution in [0.25, 0.3) is 11.0 Å². The molecule has 3 rings (SSSR count). The fraction of sp³-hybridized carbons (Fsp3) is 0.526. The Hall–Kier alpha value is -1.08. The quantitative estimate of drug-likeness (QED) is 0.392. The molecule has 0 amide bonds. The first-order chi connectivity index (χ1) is 11.1. The summed E-state index contributed by atoms with van der Waals surface area (Å²) < 4.78 is 12.1. The van der Waals surface area contributed by atoms with Crippen molar-refractivity contribution < 1.29 is 42.4 Å². The van der Waals surface area contributed by atoms with Crippen LogP contribution in [-0.4, -0.2) is 43.2 Å². The molecule has 0 spiro atoms. The molecule has 4 nitrogen and oxygen atoms in total. The van der Waals surface area contributed by atoms with E-state index in [0.717, 1.165) is 34.1 Å². The largest absolute Gasteiger partial charge is 1.00 e. The minimum absolute atomic E-state index is 0. The van der Waals surface area contributed by atoms with Crippen LogP contribution in [0.2, 0.25) is 0 Å². The van der Waals surface area contributed by atoms with Gasteiger partial charge in [-0.2, -0.15) is 0 Å². The average molecular weight is 443 g/mol. The fourth-order valence-electron chi connectivity index (χ4n) is 3.55. The lowest BCUT2D eigenvalue weighted by Crippen LogP contribution is -3.00. The van der Waals surface area contributed by atoms with Crippen LogP contribution >= 0.6 is 0 Å². The zero-order valence-electron chi connectivity index (χ0n) is 14.5. The topological polar surface area (TPSA) is 39.4 Å². The van der Waals surface area contributed by atoms with Gasteiger partial charge in [0.25, 0.3) is 0 Å². The summed E-state index contributed by atoms with van der Waals surface area (Å²) in [4.78, 5) is 12.2. The lowest BCUT2D eigenvalue weighted by atomic mass is 10.1. The van der Waals surface area contributed by atoms with Crippen molar-refractivity contribution in [2.45, 2.75) is 33.1 Å². The van der Waals surface area contributed by atoms with Crippen LogP contribution in [0.15, 0.2) is 28.7 Å². The number of esters is 1. The maximum Gasteiger partial charge on any atom is 0.374 e. The number of piperidine rings is 1. The molecule has 1 saturated heterocycles. The molecule has 1 aliphatic heterocycles. The second kappa shape index (κ2) is 8.34. The van der Waals surface area contributed by atoms with Gasteiger partial charge < -0.3 is 37.6 Å². The molecule has 0 unspecified atom stereocenters. The van der Waals surface area contributed by atoms with Gasteiger partial charge >= 0.3 is 5.97 Å². The lowest BCUT2D eigenvalue weighted by molar-refractivity contribution is -0.930. The van der Waals surface area contributed by atoms with Gasteiger partial charge in [0.15, 0.2) is 0 Å². The number of hydrogen-bond donors (Lipinski definition) is 0. The zero-order chi connectivity index (χ0) is 16.3. The van der Waals surface area contributed by atoms with Crippen LogP contribution in [0, 0.1) is 6.92 Å². The van der Waals surface area contributed by atoms with Gasteiger partial charge in [-0.25, -0.2) is 4.79 Å². The van der Waals surface area contributed by atoms with Gasteiger partial charge in [0, 0.05) is 5.39 Å². The molecule has 1 aliphatic rings. The second-order valence-electron chi connectivity index (χ2n) is 6.68. The number of likely N-dealkylation sites (N-methyl/N-ethyl adjacent to an activating group) is 1. The first-order valence-electron chi connectivity index (χ1n) is 8.64. The molecular weight excluding hydrogens is 417 g/mol. The highest BCUT2D eigenvalue weighted by Gasteiger charge is 2.28. The number of ether oxygens (including phenoxy) is 1. The number of hydrogen-bond acceptors (Lipinski definition) is 3. The number of furan rings is 1. The molecule has 1 fully saturated rings. The van der Waals surface area contributed by atoms with Crippen molar-refractivity contribution in [3.63, 3.8) is 0 Å². The summed E-state index contributed by atoms with van der Waals surface area (Å²) in [5.74, 6) is -0.0580. The van der Waals surface area contributed by atoms with Crippen molar-refractivity contribution in [1.82, 2.24) is 0 Å². The number of halogens is 1. The Labute approximate surface area is 160 Å². The molecule has 2 heterocycles. The van der Waals surface area contributed by atoms with Crippen molar-refractivity contribution in [3.8, 4) is 0 Å². The smallest absolute Gasteiger partial charge is 0.374 e. The number of nitrogens with zero attached hydrogens (tertiary/aromatic N) is 1. The van der Waals surface area contributed by atoms with Crippen molar-refractivity contribution in [1.29, 1.82) is 0 Å². The van der Waals surface area contributed by atoms with E-state index in [1.165, 1.54) is 32.4 Å². The Kier molecular flexibility index (Phi) is 6.69. The summed E-state index contributed by atoms with van der Waals surface area (Å²) in [7, 11) is 0. The monoisotopic (exact) mass is 443 g/mol. The van der Waals surface area contributed by atoms with E-state index in [0.29, 0.717) is 12.4 Å². The van der Waals surface area contributed by atoms with E-state index in [-0.39, 0.29) is 29.9 Å². The van der Waals surface area contributed by atoms with E-state index in [1.807, 2.05) is 25.1 Å². The van der Waals surface area contributed by atoms with Crippen LogP contribution in [-0.2, 0) is 4.74 Å². The standard InChI is InChI=1S/C19H26NO3.HI/c1-3-20(9-5-4-6-10-20)11-12-22-19(21)18-14-16-13-15(2)7-8-17(16)23-18;/h7-8,13-14H,3-6,9-12H2,1-2H3;1H/q+1;/p-1. The van der Waals surface area contributed by atoms with Crippen molar-refractivity contribution >= 4 is 16.9 Å². The van der Waals surface area contributed by atoms with Gasteiger partial charge in [-0.05, 0) is 51.3 Å². The summed E-state index contributed by atoms with van der Waals surface area (Å²) in [6.45, 7) is 9.15. The third-order valence-electron chi connectivity index (χ3n) is 5.11. The van der Waals surface area contributed by atoms with Crippen molar-refractivity contribution in [2.75, 3.05) is 32.8 Å². The molecule has 0 N–H and O–H groups in total. The summed E-state index contributed by atoms with van der Waals surface area (Å²) in [6, 6.07) is 7.66. The van der Waals surface area contributed by atoms with Crippen LogP contribution in [0.5, 0.6) is 0 Å².